The van der Waals surface area contributed by atoms with E-state index < -0.39 is 0 Å². The van der Waals surface area contributed by atoms with Crippen molar-refractivity contribution in [2.45, 2.75) is 13.8 Å². The molecule has 0 saturated heterocycles. The minimum absolute atomic E-state index is 0.420. The molecule has 0 radical (unpaired) electrons. The van der Waals surface area contributed by atoms with Crippen LogP contribution < -0.4 is 0 Å². The van der Waals surface area contributed by atoms with Gasteiger partial charge in [0.2, 0.25) is 0 Å². The molecular formula is C11H10N2O. The van der Waals surface area contributed by atoms with Crippen LogP contribution in [0.4, 0.5) is 0 Å². The van der Waals surface area contributed by atoms with E-state index in [1.54, 1.807) is 6.92 Å². The van der Waals surface area contributed by atoms with E-state index in [-0.39, 0.29) is 0 Å². The van der Waals surface area contributed by atoms with Gasteiger partial charge in [0.25, 0.3) is 0 Å². The quantitative estimate of drug-likeness (QED) is 0.640. The highest BCUT2D eigenvalue weighted by Crippen LogP contribution is 2.15. The summed E-state index contributed by atoms with van der Waals surface area (Å²) in [6.45, 7) is 3.78. The van der Waals surface area contributed by atoms with E-state index >= 15 is 0 Å². The summed E-state index contributed by atoms with van der Waals surface area (Å²) in [5, 5.41) is 0. The third kappa shape index (κ3) is 1.27. The smallest absolute Gasteiger partial charge is 0.170 e. The Balaban J connectivity index is 2.85. The molecule has 2 aromatic rings. The number of aryl methyl sites for hydroxylation is 2. The van der Waals surface area contributed by atoms with E-state index in [0.717, 1.165) is 22.9 Å². The minimum atomic E-state index is 0.420. The Morgan fingerprint density at radius 2 is 2.00 bits per heavy atom. The Kier molecular flexibility index (Phi) is 2.00. The number of para-hydroxylation sites is 1. The Morgan fingerprint density at radius 3 is 2.71 bits per heavy atom. The zero-order valence-electron chi connectivity index (χ0n) is 8.11. The van der Waals surface area contributed by atoms with Crippen LogP contribution in [0.2, 0.25) is 0 Å². The molecule has 0 fully saturated rings. The maximum Gasteiger partial charge on any atom is 0.170 e. The van der Waals surface area contributed by atoms with Crippen molar-refractivity contribution in [2.75, 3.05) is 0 Å². The van der Waals surface area contributed by atoms with Crippen LogP contribution in [-0.2, 0) is 0 Å². The molecule has 0 atom stereocenters. The van der Waals surface area contributed by atoms with E-state index in [2.05, 4.69) is 9.97 Å². The van der Waals surface area contributed by atoms with Crippen molar-refractivity contribution in [3.05, 3.63) is 35.2 Å². The fourth-order valence-electron chi connectivity index (χ4n) is 1.43. The number of nitrogens with zero attached hydrogens (tertiary/aromatic N) is 2. The molecule has 1 heterocycles. The second kappa shape index (κ2) is 3.18. The number of carbonyl (C=O) groups is 1. The molecule has 0 spiro atoms. The van der Waals surface area contributed by atoms with E-state index in [1.807, 2.05) is 25.1 Å². The zero-order chi connectivity index (χ0) is 10.1. The minimum Gasteiger partial charge on any atom is -0.296 e. The van der Waals surface area contributed by atoms with Gasteiger partial charge in [0.1, 0.15) is 5.69 Å². The summed E-state index contributed by atoms with van der Waals surface area (Å²) in [6, 6.07) is 5.76. The van der Waals surface area contributed by atoms with Crippen molar-refractivity contribution in [3.63, 3.8) is 0 Å². The predicted octanol–water partition coefficient (Wildman–Crippen LogP) is 2.06. The first-order valence-corrected chi connectivity index (χ1v) is 4.41. The monoisotopic (exact) mass is 186 g/mol. The molecule has 3 heteroatoms. The molecule has 0 aliphatic carbocycles. The maximum absolute atomic E-state index is 10.7. The van der Waals surface area contributed by atoms with Crippen LogP contribution in [0.1, 0.15) is 21.7 Å². The number of hydrogen-bond donors (Lipinski definition) is 0. The van der Waals surface area contributed by atoms with Crippen LogP contribution in [0.3, 0.4) is 0 Å². The average Bonchev–Trinajstić information content (AvgIpc) is 2.19. The largest absolute Gasteiger partial charge is 0.296 e. The molecule has 0 N–H and O–H groups in total. The van der Waals surface area contributed by atoms with Crippen molar-refractivity contribution in [1.82, 2.24) is 9.97 Å². The summed E-state index contributed by atoms with van der Waals surface area (Å²) in [4.78, 5) is 19.2. The molecule has 0 aliphatic heterocycles. The molecule has 0 unspecified atom stereocenters. The van der Waals surface area contributed by atoms with E-state index in [9.17, 15) is 4.79 Å². The van der Waals surface area contributed by atoms with Crippen LogP contribution in [0, 0.1) is 13.8 Å². The molecule has 0 bridgehead atoms. The van der Waals surface area contributed by atoms with Crippen molar-refractivity contribution in [2.24, 2.45) is 0 Å². The molecule has 14 heavy (non-hydrogen) atoms. The van der Waals surface area contributed by atoms with Gasteiger partial charge in [-0.25, -0.2) is 9.97 Å². The lowest BCUT2D eigenvalue weighted by Crippen LogP contribution is -1.97. The Labute approximate surface area is 81.8 Å². The van der Waals surface area contributed by atoms with Crippen LogP contribution in [-0.4, -0.2) is 16.3 Å². The standard InChI is InChI=1S/C11H10N2O/c1-7-4-3-5-9-11(7)12-8(2)10(6-14)13-9/h3-6H,1-2H3. The summed E-state index contributed by atoms with van der Waals surface area (Å²) in [5.41, 5.74) is 3.83. The van der Waals surface area contributed by atoms with Gasteiger partial charge in [0, 0.05) is 0 Å². The van der Waals surface area contributed by atoms with Gasteiger partial charge in [-0.1, -0.05) is 12.1 Å². The Hall–Kier alpha value is -1.77. The van der Waals surface area contributed by atoms with Crippen molar-refractivity contribution >= 4 is 17.3 Å². The van der Waals surface area contributed by atoms with Crippen LogP contribution in [0.25, 0.3) is 11.0 Å². The second-order valence-electron chi connectivity index (χ2n) is 3.25. The lowest BCUT2D eigenvalue weighted by molar-refractivity contribution is 0.111. The summed E-state index contributed by atoms with van der Waals surface area (Å²) in [7, 11) is 0. The molecule has 1 aromatic heterocycles. The molecule has 1 aromatic carbocycles. The normalized spacial score (nSPS) is 10.4. The summed E-state index contributed by atoms with van der Waals surface area (Å²) in [6.07, 6.45) is 0.740. The number of aromatic nitrogens is 2. The zero-order valence-corrected chi connectivity index (χ0v) is 8.11. The molecule has 0 amide bonds. The molecule has 70 valence electrons. The fourth-order valence-corrected chi connectivity index (χ4v) is 1.43. The number of benzene rings is 1. The third-order valence-electron chi connectivity index (χ3n) is 2.22. The lowest BCUT2D eigenvalue weighted by atomic mass is 10.2. The molecular weight excluding hydrogens is 176 g/mol. The van der Waals surface area contributed by atoms with Gasteiger partial charge in [0.05, 0.1) is 16.7 Å². The van der Waals surface area contributed by atoms with Gasteiger partial charge in [-0.3, -0.25) is 4.79 Å². The first-order valence-electron chi connectivity index (χ1n) is 4.41. The lowest BCUT2D eigenvalue weighted by Gasteiger charge is -2.03. The SMILES string of the molecule is Cc1nc2c(C)cccc2nc1C=O. The highest BCUT2D eigenvalue weighted by molar-refractivity contribution is 5.83. The number of hydrogen-bond acceptors (Lipinski definition) is 3. The van der Waals surface area contributed by atoms with E-state index in [1.165, 1.54) is 0 Å². The number of rotatable bonds is 1. The van der Waals surface area contributed by atoms with Gasteiger partial charge >= 0.3 is 0 Å². The third-order valence-corrected chi connectivity index (χ3v) is 2.22. The molecule has 2 rings (SSSR count). The summed E-state index contributed by atoms with van der Waals surface area (Å²) < 4.78 is 0. The highest BCUT2D eigenvalue weighted by Gasteiger charge is 2.04. The van der Waals surface area contributed by atoms with Gasteiger partial charge in [-0.15, -0.1) is 0 Å². The number of fused-ring (bicyclic) bond motifs is 1. The average molecular weight is 186 g/mol. The van der Waals surface area contributed by atoms with Crippen LogP contribution in [0.15, 0.2) is 18.2 Å². The predicted molar refractivity (Wildman–Crippen MR) is 54.4 cm³/mol. The Morgan fingerprint density at radius 1 is 1.21 bits per heavy atom. The first-order chi connectivity index (χ1) is 6.72. The molecule has 0 saturated carbocycles. The van der Waals surface area contributed by atoms with Gasteiger partial charge in [0.15, 0.2) is 6.29 Å². The van der Waals surface area contributed by atoms with Crippen LogP contribution >= 0.6 is 0 Å². The molecule has 3 nitrogen and oxygen atoms in total. The van der Waals surface area contributed by atoms with Crippen molar-refractivity contribution in [1.29, 1.82) is 0 Å². The van der Waals surface area contributed by atoms with Gasteiger partial charge in [-0.05, 0) is 25.5 Å². The second-order valence-corrected chi connectivity index (χ2v) is 3.25. The topological polar surface area (TPSA) is 42.9 Å². The highest BCUT2D eigenvalue weighted by atomic mass is 16.1. The number of aldehydes is 1. The molecule has 0 aliphatic rings. The first kappa shape index (κ1) is 8.81. The summed E-state index contributed by atoms with van der Waals surface area (Å²) >= 11 is 0. The fraction of sp³-hybridized carbons (Fsp3) is 0.182. The van der Waals surface area contributed by atoms with Crippen molar-refractivity contribution in [3.8, 4) is 0 Å². The van der Waals surface area contributed by atoms with Crippen LogP contribution in [0.5, 0.6) is 0 Å². The van der Waals surface area contributed by atoms with Crippen molar-refractivity contribution < 1.29 is 4.79 Å². The van der Waals surface area contributed by atoms with E-state index in [0.29, 0.717) is 11.4 Å². The Bertz CT molecular complexity index is 506. The van der Waals surface area contributed by atoms with Gasteiger partial charge < -0.3 is 0 Å². The number of carbonyl (C=O) groups excluding carboxylic acids is 1. The van der Waals surface area contributed by atoms with Gasteiger partial charge in [-0.2, -0.15) is 0 Å². The summed E-state index contributed by atoms with van der Waals surface area (Å²) in [5.74, 6) is 0. The van der Waals surface area contributed by atoms with E-state index in [4.69, 9.17) is 0 Å². The maximum atomic E-state index is 10.7.